The van der Waals surface area contributed by atoms with Crippen LogP contribution >= 0.6 is 0 Å². The second-order valence-corrected chi connectivity index (χ2v) is 6.84. The SMILES string of the molecule is COC(=O)[C@@H](C)Oc1ccc(C2=[N+]([O-])C(C)(C)C(C)(C)N2[O])cc1. The monoisotopic (exact) mass is 335 g/mol. The molecule has 7 nitrogen and oxygen atoms in total. The van der Waals surface area contributed by atoms with Gasteiger partial charge in [0.15, 0.2) is 11.6 Å². The third-order valence-electron chi connectivity index (χ3n) is 4.86. The predicted molar refractivity (Wildman–Crippen MR) is 87.0 cm³/mol. The van der Waals surface area contributed by atoms with Gasteiger partial charge in [-0.3, -0.25) is 4.74 Å². The van der Waals surface area contributed by atoms with Crippen molar-refractivity contribution in [1.29, 1.82) is 0 Å². The summed E-state index contributed by atoms with van der Waals surface area (Å²) in [5.74, 6) is 0.0328. The first kappa shape index (κ1) is 18.1. The first-order valence-corrected chi connectivity index (χ1v) is 7.70. The molecule has 1 aliphatic rings. The van der Waals surface area contributed by atoms with Gasteiger partial charge in [-0.15, -0.1) is 0 Å². The summed E-state index contributed by atoms with van der Waals surface area (Å²) in [4.78, 5) is 11.4. The summed E-state index contributed by atoms with van der Waals surface area (Å²) < 4.78 is 10.8. The van der Waals surface area contributed by atoms with Crippen LogP contribution in [0.15, 0.2) is 24.3 Å². The van der Waals surface area contributed by atoms with Crippen LogP contribution in [-0.2, 0) is 14.7 Å². The summed E-state index contributed by atoms with van der Waals surface area (Å²) in [7, 11) is 1.29. The average Bonchev–Trinajstić information content (AvgIpc) is 2.65. The van der Waals surface area contributed by atoms with Gasteiger partial charge in [-0.1, -0.05) is 5.06 Å². The fourth-order valence-electron chi connectivity index (χ4n) is 2.44. The molecule has 131 valence electrons. The van der Waals surface area contributed by atoms with E-state index in [0.717, 1.165) is 9.80 Å². The normalized spacial score (nSPS) is 20.0. The van der Waals surface area contributed by atoms with Crippen LogP contribution in [0.4, 0.5) is 0 Å². The highest BCUT2D eigenvalue weighted by Crippen LogP contribution is 2.37. The zero-order valence-electron chi connectivity index (χ0n) is 14.8. The molecule has 1 radical (unpaired) electrons. The first-order chi connectivity index (χ1) is 11.0. The topological polar surface area (TPSA) is 84.7 Å². The Labute approximate surface area is 141 Å². The molecule has 1 heterocycles. The van der Waals surface area contributed by atoms with Gasteiger partial charge in [-0.25, -0.2) is 4.79 Å². The van der Waals surface area contributed by atoms with Gasteiger partial charge in [0.2, 0.25) is 0 Å². The van der Waals surface area contributed by atoms with Gasteiger partial charge in [0.1, 0.15) is 11.3 Å². The van der Waals surface area contributed by atoms with Gasteiger partial charge in [0.25, 0.3) is 0 Å². The predicted octanol–water partition coefficient (Wildman–Crippen LogP) is 2.10. The zero-order valence-corrected chi connectivity index (χ0v) is 14.8. The van der Waals surface area contributed by atoms with Crippen LogP contribution in [0.1, 0.15) is 40.2 Å². The molecule has 0 aromatic heterocycles. The molecule has 0 N–H and O–H groups in total. The van der Waals surface area contributed by atoms with E-state index in [-0.39, 0.29) is 5.84 Å². The van der Waals surface area contributed by atoms with E-state index in [0.29, 0.717) is 11.3 Å². The highest BCUT2D eigenvalue weighted by molar-refractivity contribution is 5.96. The Bertz CT molecular complexity index is 664. The molecule has 0 saturated carbocycles. The lowest BCUT2D eigenvalue weighted by Gasteiger charge is -2.32. The van der Waals surface area contributed by atoms with Crippen molar-refractivity contribution in [1.82, 2.24) is 5.06 Å². The number of carbonyl (C=O) groups is 1. The third-order valence-corrected chi connectivity index (χ3v) is 4.86. The van der Waals surface area contributed by atoms with Crippen LogP contribution in [0.25, 0.3) is 0 Å². The van der Waals surface area contributed by atoms with Crippen LogP contribution in [0.3, 0.4) is 0 Å². The molecular formula is C17H23N2O5. The Morgan fingerprint density at radius 1 is 1.21 bits per heavy atom. The lowest BCUT2D eigenvalue weighted by atomic mass is 9.84. The summed E-state index contributed by atoms with van der Waals surface area (Å²) in [5.41, 5.74) is -1.23. The number of esters is 1. The number of methoxy groups -OCH3 is 1. The van der Waals surface area contributed by atoms with E-state index in [1.807, 2.05) is 0 Å². The summed E-state index contributed by atoms with van der Waals surface area (Å²) in [6.45, 7) is 8.55. The van der Waals surface area contributed by atoms with E-state index in [2.05, 4.69) is 4.74 Å². The Hall–Kier alpha value is -2.28. The van der Waals surface area contributed by atoms with E-state index >= 15 is 0 Å². The lowest BCUT2D eigenvalue weighted by molar-refractivity contribution is -0.539. The van der Waals surface area contributed by atoms with Gasteiger partial charge < -0.3 is 14.7 Å². The maximum absolute atomic E-state index is 12.6. The Morgan fingerprint density at radius 3 is 2.17 bits per heavy atom. The number of hydroxylamine groups is 3. The van der Waals surface area contributed by atoms with Gasteiger partial charge in [0.05, 0.1) is 12.7 Å². The molecule has 0 aliphatic carbocycles. The van der Waals surface area contributed by atoms with E-state index in [4.69, 9.17) is 4.74 Å². The van der Waals surface area contributed by atoms with Gasteiger partial charge in [-0.2, -0.15) is 0 Å². The largest absolute Gasteiger partial charge is 0.714 e. The molecule has 24 heavy (non-hydrogen) atoms. The Kier molecular flexibility index (Phi) is 4.50. The molecule has 0 unspecified atom stereocenters. The number of amidine groups is 1. The van der Waals surface area contributed by atoms with Crippen molar-refractivity contribution in [3.05, 3.63) is 35.0 Å². The molecule has 1 aromatic carbocycles. The second-order valence-electron chi connectivity index (χ2n) is 6.84. The third kappa shape index (κ3) is 2.69. The molecule has 7 heteroatoms. The minimum Gasteiger partial charge on any atom is -0.714 e. The minimum atomic E-state index is -0.862. The fraction of sp³-hybridized carbons (Fsp3) is 0.529. The summed E-state index contributed by atoms with van der Waals surface area (Å²) in [6, 6.07) is 6.48. The second kappa shape index (κ2) is 5.98. The van der Waals surface area contributed by atoms with Crippen molar-refractivity contribution in [3.8, 4) is 5.75 Å². The summed E-state index contributed by atoms with van der Waals surface area (Å²) in [6.07, 6.45) is -0.745. The van der Waals surface area contributed by atoms with Crippen LogP contribution < -0.4 is 4.74 Å². The van der Waals surface area contributed by atoms with E-state index in [9.17, 15) is 15.2 Å². The number of ether oxygens (including phenoxy) is 2. The van der Waals surface area contributed by atoms with Crippen molar-refractivity contribution in [2.75, 3.05) is 7.11 Å². The molecule has 0 amide bonds. The number of benzene rings is 1. The highest BCUT2D eigenvalue weighted by atomic mass is 16.6. The number of hydrogen-bond donors (Lipinski definition) is 0. The van der Waals surface area contributed by atoms with Crippen molar-refractivity contribution >= 4 is 11.8 Å². The van der Waals surface area contributed by atoms with Crippen molar-refractivity contribution in [3.63, 3.8) is 0 Å². The van der Waals surface area contributed by atoms with Crippen LogP contribution in [-0.4, -0.2) is 45.9 Å². The number of nitrogens with zero attached hydrogens (tertiary/aromatic N) is 2. The van der Waals surface area contributed by atoms with E-state index < -0.39 is 23.2 Å². The number of carbonyl (C=O) groups excluding carboxylic acids is 1. The maximum atomic E-state index is 12.6. The minimum absolute atomic E-state index is 0.0672. The van der Waals surface area contributed by atoms with E-state index in [1.54, 1.807) is 58.9 Å². The molecule has 0 spiro atoms. The summed E-state index contributed by atoms with van der Waals surface area (Å²) in [5, 5.41) is 25.9. The van der Waals surface area contributed by atoms with Gasteiger partial charge in [-0.05, 0) is 58.9 Å². The molecule has 1 aromatic rings. The van der Waals surface area contributed by atoms with Crippen molar-refractivity contribution in [2.24, 2.45) is 0 Å². The van der Waals surface area contributed by atoms with Crippen LogP contribution in [0, 0.1) is 5.21 Å². The molecular weight excluding hydrogens is 312 g/mol. The Morgan fingerprint density at radius 2 is 1.75 bits per heavy atom. The quantitative estimate of drug-likeness (QED) is 0.478. The van der Waals surface area contributed by atoms with Gasteiger partial charge in [0, 0.05) is 5.21 Å². The molecule has 1 atom stereocenters. The maximum Gasteiger partial charge on any atom is 0.346 e. The number of rotatable bonds is 4. The number of hydrogen-bond acceptors (Lipinski definition) is 5. The zero-order chi connectivity index (χ0) is 18.3. The Balaban J connectivity index is 2.29. The lowest BCUT2D eigenvalue weighted by Crippen LogP contribution is -2.53. The summed E-state index contributed by atoms with van der Waals surface area (Å²) >= 11 is 0. The fourth-order valence-corrected chi connectivity index (χ4v) is 2.44. The van der Waals surface area contributed by atoms with E-state index in [1.165, 1.54) is 7.11 Å². The van der Waals surface area contributed by atoms with Crippen LogP contribution in [0.5, 0.6) is 5.75 Å². The molecule has 0 bridgehead atoms. The highest BCUT2D eigenvalue weighted by Gasteiger charge is 2.59. The standard InChI is InChI=1S/C17H23N2O5/c1-11(15(20)23-6)24-13-9-7-12(8-10-13)14-18(21)16(2,3)17(4,5)19(14)22/h7-11H,1-6H3/t11-/m1/s1. The van der Waals surface area contributed by atoms with Crippen LogP contribution in [0.2, 0.25) is 0 Å². The molecule has 0 saturated heterocycles. The molecule has 2 rings (SSSR count). The molecule has 1 aliphatic heterocycles. The first-order valence-electron chi connectivity index (χ1n) is 7.70. The molecule has 0 fully saturated rings. The van der Waals surface area contributed by atoms with Crippen molar-refractivity contribution in [2.45, 2.75) is 51.8 Å². The smallest absolute Gasteiger partial charge is 0.346 e. The average molecular weight is 335 g/mol. The van der Waals surface area contributed by atoms with Gasteiger partial charge >= 0.3 is 11.8 Å². The van der Waals surface area contributed by atoms with Crippen molar-refractivity contribution < 1.29 is 24.2 Å².